The van der Waals surface area contributed by atoms with Gasteiger partial charge in [0.2, 0.25) is 0 Å². The van der Waals surface area contributed by atoms with Crippen LogP contribution in [0.1, 0.15) is 5.56 Å². The summed E-state index contributed by atoms with van der Waals surface area (Å²) in [6, 6.07) is 8.41. The Morgan fingerprint density at radius 3 is 2.78 bits per heavy atom. The lowest BCUT2D eigenvalue weighted by atomic mass is 10.2. The van der Waals surface area contributed by atoms with Crippen LogP contribution in [0.15, 0.2) is 46.8 Å². The van der Waals surface area contributed by atoms with E-state index < -0.39 is 0 Å². The second kappa shape index (κ2) is 5.80. The molecule has 0 aliphatic carbocycles. The van der Waals surface area contributed by atoms with Gasteiger partial charge in [0.15, 0.2) is 5.82 Å². The van der Waals surface area contributed by atoms with Gasteiger partial charge in [-0.1, -0.05) is 29.3 Å². The van der Waals surface area contributed by atoms with Crippen LogP contribution in [0, 0.1) is 0 Å². The first-order chi connectivity index (χ1) is 8.66. The van der Waals surface area contributed by atoms with Crippen molar-refractivity contribution in [1.29, 1.82) is 0 Å². The molecule has 1 aromatic carbocycles. The highest BCUT2D eigenvalue weighted by Crippen LogP contribution is 2.31. The topological polar surface area (TPSA) is 57.8 Å². The molecule has 18 heavy (non-hydrogen) atoms. The maximum atomic E-state index is 9.71. The summed E-state index contributed by atoms with van der Waals surface area (Å²) < 4.78 is 0. The van der Waals surface area contributed by atoms with Crippen LogP contribution in [-0.2, 0) is 6.54 Å². The van der Waals surface area contributed by atoms with Crippen molar-refractivity contribution >= 4 is 29.0 Å². The fraction of sp³-hybridized carbons (Fsp3) is 0.0833. The smallest absolute Gasteiger partial charge is 0.173 e. The third-order valence-corrected chi connectivity index (χ3v) is 2.68. The van der Waals surface area contributed by atoms with Crippen molar-refractivity contribution in [3.05, 3.63) is 52.1 Å². The summed E-state index contributed by atoms with van der Waals surface area (Å²) in [5.41, 5.74) is 0.521. The van der Waals surface area contributed by atoms with E-state index in [1.807, 2.05) is 6.07 Å². The fourth-order valence-electron chi connectivity index (χ4n) is 1.34. The molecule has 92 valence electrons. The van der Waals surface area contributed by atoms with E-state index in [2.05, 4.69) is 15.2 Å². The average molecular weight is 282 g/mol. The maximum Gasteiger partial charge on any atom is 0.173 e. The minimum absolute atomic E-state index is 0.0268. The summed E-state index contributed by atoms with van der Waals surface area (Å²) in [5, 5.41) is 18.2. The minimum Gasteiger partial charge on any atom is -0.506 e. The second-order valence-electron chi connectivity index (χ2n) is 3.48. The third kappa shape index (κ3) is 3.18. The van der Waals surface area contributed by atoms with E-state index in [4.69, 9.17) is 23.2 Å². The van der Waals surface area contributed by atoms with Gasteiger partial charge in [0, 0.05) is 16.8 Å². The standard InChI is InChI=1S/C12H9Cl2N3O/c13-9-5-8(12(18)10(14)6-9)7-16-17-11-3-1-2-4-15-11/h1-6,18H,7H2. The zero-order valence-corrected chi connectivity index (χ0v) is 10.7. The molecule has 1 aromatic heterocycles. The predicted octanol–water partition coefficient (Wildman–Crippen LogP) is 4.38. The first kappa shape index (κ1) is 12.8. The lowest BCUT2D eigenvalue weighted by Crippen LogP contribution is -1.84. The number of halogens is 2. The van der Waals surface area contributed by atoms with E-state index >= 15 is 0 Å². The summed E-state index contributed by atoms with van der Waals surface area (Å²) >= 11 is 11.6. The number of hydrogen-bond donors (Lipinski definition) is 1. The number of azo groups is 1. The van der Waals surface area contributed by atoms with Gasteiger partial charge in [0.25, 0.3) is 0 Å². The molecule has 0 amide bonds. The molecule has 0 saturated carbocycles. The van der Waals surface area contributed by atoms with Crippen molar-refractivity contribution in [2.45, 2.75) is 6.54 Å². The van der Waals surface area contributed by atoms with Crippen molar-refractivity contribution in [1.82, 2.24) is 4.98 Å². The first-order valence-corrected chi connectivity index (χ1v) is 5.88. The molecule has 4 nitrogen and oxygen atoms in total. The van der Waals surface area contributed by atoms with E-state index in [1.54, 1.807) is 24.4 Å². The number of phenolic OH excluding ortho intramolecular Hbond substituents is 1. The van der Waals surface area contributed by atoms with Gasteiger partial charge in [0.1, 0.15) is 5.75 Å². The molecule has 6 heteroatoms. The van der Waals surface area contributed by atoms with Crippen molar-refractivity contribution in [3.63, 3.8) is 0 Å². The van der Waals surface area contributed by atoms with E-state index in [1.165, 1.54) is 6.07 Å². The maximum absolute atomic E-state index is 9.71. The van der Waals surface area contributed by atoms with Gasteiger partial charge < -0.3 is 5.11 Å². The molecule has 0 radical (unpaired) electrons. The zero-order chi connectivity index (χ0) is 13.0. The van der Waals surface area contributed by atoms with E-state index in [9.17, 15) is 5.11 Å². The van der Waals surface area contributed by atoms with Crippen LogP contribution in [0.5, 0.6) is 5.75 Å². The number of nitrogens with zero attached hydrogens (tertiary/aromatic N) is 3. The van der Waals surface area contributed by atoms with Gasteiger partial charge in [-0.15, -0.1) is 5.11 Å². The predicted molar refractivity (Wildman–Crippen MR) is 70.6 cm³/mol. The largest absolute Gasteiger partial charge is 0.506 e. The van der Waals surface area contributed by atoms with Crippen LogP contribution in [-0.4, -0.2) is 10.1 Å². The molecule has 0 aliphatic rings. The highest BCUT2D eigenvalue weighted by atomic mass is 35.5. The van der Waals surface area contributed by atoms with Gasteiger partial charge in [0.05, 0.1) is 11.6 Å². The van der Waals surface area contributed by atoms with Crippen LogP contribution in [0.4, 0.5) is 5.82 Å². The van der Waals surface area contributed by atoms with Crippen LogP contribution in [0.3, 0.4) is 0 Å². The van der Waals surface area contributed by atoms with Crippen molar-refractivity contribution in [2.75, 3.05) is 0 Å². The van der Waals surface area contributed by atoms with Gasteiger partial charge >= 0.3 is 0 Å². The monoisotopic (exact) mass is 281 g/mol. The van der Waals surface area contributed by atoms with E-state index in [-0.39, 0.29) is 17.3 Å². The van der Waals surface area contributed by atoms with Gasteiger partial charge in [-0.25, -0.2) is 4.98 Å². The Kier molecular flexibility index (Phi) is 4.12. The SMILES string of the molecule is Oc1c(Cl)cc(Cl)cc1CN=Nc1ccccn1. The number of phenols is 1. The Balaban J connectivity index is 2.14. The Bertz CT molecular complexity index is 573. The van der Waals surface area contributed by atoms with Gasteiger partial charge in [-0.3, -0.25) is 0 Å². The molecule has 0 bridgehead atoms. The molecule has 1 heterocycles. The Morgan fingerprint density at radius 2 is 2.06 bits per heavy atom. The Morgan fingerprint density at radius 1 is 1.22 bits per heavy atom. The van der Waals surface area contributed by atoms with Gasteiger partial charge in [-0.2, -0.15) is 5.11 Å². The first-order valence-electron chi connectivity index (χ1n) is 5.12. The molecule has 0 spiro atoms. The van der Waals surface area contributed by atoms with E-state index in [0.717, 1.165) is 0 Å². The van der Waals surface area contributed by atoms with Crippen molar-refractivity contribution < 1.29 is 5.11 Å². The summed E-state index contributed by atoms with van der Waals surface area (Å²) in [6.07, 6.45) is 1.63. The third-order valence-electron chi connectivity index (χ3n) is 2.17. The summed E-state index contributed by atoms with van der Waals surface area (Å²) in [7, 11) is 0. The zero-order valence-electron chi connectivity index (χ0n) is 9.22. The summed E-state index contributed by atoms with van der Waals surface area (Å²) in [6.45, 7) is 0.183. The average Bonchev–Trinajstić information content (AvgIpc) is 2.36. The van der Waals surface area contributed by atoms with Crippen molar-refractivity contribution in [2.24, 2.45) is 10.2 Å². The van der Waals surface area contributed by atoms with Gasteiger partial charge in [-0.05, 0) is 24.3 Å². The minimum atomic E-state index is -0.0268. The highest BCUT2D eigenvalue weighted by Gasteiger charge is 2.07. The molecule has 0 aliphatic heterocycles. The molecule has 0 atom stereocenters. The molecule has 0 unspecified atom stereocenters. The summed E-state index contributed by atoms with van der Waals surface area (Å²) in [4.78, 5) is 3.99. The van der Waals surface area contributed by atoms with Crippen molar-refractivity contribution in [3.8, 4) is 5.75 Å². The number of pyridine rings is 1. The number of aromatic hydroxyl groups is 1. The van der Waals surface area contributed by atoms with Crippen LogP contribution < -0.4 is 0 Å². The summed E-state index contributed by atoms with van der Waals surface area (Å²) in [5.74, 6) is 0.478. The molecule has 1 N–H and O–H groups in total. The second-order valence-corrected chi connectivity index (χ2v) is 4.33. The number of aromatic nitrogens is 1. The molecule has 2 aromatic rings. The molecular formula is C12H9Cl2N3O. The molecule has 0 saturated heterocycles. The molecule has 0 fully saturated rings. The number of benzene rings is 1. The van der Waals surface area contributed by atoms with E-state index in [0.29, 0.717) is 16.4 Å². The highest BCUT2D eigenvalue weighted by molar-refractivity contribution is 6.35. The Hall–Kier alpha value is -1.65. The number of rotatable bonds is 3. The number of hydrogen-bond acceptors (Lipinski definition) is 4. The Labute approximate surface area is 114 Å². The normalized spacial score (nSPS) is 11.0. The van der Waals surface area contributed by atoms with Crippen LogP contribution >= 0.6 is 23.2 Å². The van der Waals surface area contributed by atoms with Crippen LogP contribution in [0.2, 0.25) is 10.0 Å². The van der Waals surface area contributed by atoms with Crippen LogP contribution in [0.25, 0.3) is 0 Å². The fourth-order valence-corrected chi connectivity index (χ4v) is 1.87. The quantitative estimate of drug-likeness (QED) is 0.849. The molecule has 2 rings (SSSR count). The lowest BCUT2D eigenvalue weighted by Gasteiger charge is -2.03. The molecular weight excluding hydrogens is 273 g/mol. The lowest BCUT2D eigenvalue weighted by molar-refractivity contribution is 0.468.